The minimum atomic E-state index is -0.281. The molecule has 0 saturated carbocycles. The van der Waals surface area contributed by atoms with E-state index in [1.54, 1.807) is 13.0 Å². The summed E-state index contributed by atoms with van der Waals surface area (Å²) in [5.41, 5.74) is 3.74. The molecule has 0 radical (unpaired) electrons. The van der Waals surface area contributed by atoms with Crippen LogP contribution < -0.4 is 5.32 Å². The van der Waals surface area contributed by atoms with E-state index in [2.05, 4.69) is 29.0 Å². The summed E-state index contributed by atoms with van der Waals surface area (Å²) in [4.78, 5) is 22.8. The van der Waals surface area contributed by atoms with Crippen molar-refractivity contribution < 1.29 is 9.18 Å². The van der Waals surface area contributed by atoms with Gasteiger partial charge in [0.2, 0.25) is 5.91 Å². The molecular formula is C22H31FN4O. The molecule has 1 saturated heterocycles. The van der Waals surface area contributed by atoms with Gasteiger partial charge in [0.1, 0.15) is 11.6 Å². The first-order valence-corrected chi connectivity index (χ1v) is 10.3. The molecule has 1 aliphatic rings. The Bertz CT molecular complexity index is 817. The van der Waals surface area contributed by atoms with Gasteiger partial charge in [-0.3, -0.25) is 9.69 Å². The maximum Gasteiger partial charge on any atom is 0.224 e. The summed E-state index contributed by atoms with van der Waals surface area (Å²) >= 11 is 0. The molecule has 1 amide bonds. The van der Waals surface area contributed by atoms with Crippen molar-refractivity contribution in [1.29, 1.82) is 0 Å². The molecule has 5 nitrogen and oxygen atoms in total. The molecule has 2 N–H and O–H groups in total. The minimum absolute atomic E-state index is 0.00237. The second kappa shape index (κ2) is 9.32. The van der Waals surface area contributed by atoms with Crippen LogP contribution in [-0.4, -0.2) is 33.9 Å². The average molecular weight is 387 g/mol. The fraction of sp³-hybridized carbons (Fsp3) is 0.545. The molecule has 1 aromatic carbocycles. The van der Waals surface area contributed by atoms with Gasteiger partial charge in [-0.15, -0.1) is 0 Å². The molecule has 1 aliphatic heterocycles. The van der Waals surface area contributed by atoms with Crippen LogP contribution in [0.5, 0.6) is 0 Å². The van der Waals surface area contributed by atoms with Crippen LogP contribution in [0.3, 0.4) is 0 Å². The lowest BCUT2D eigenvalue weighted by atomic mass is 9.93. The molecule has 3 rings (SSSR count). The molecule has 0 unspecified atom stereocenters. The van der Waals surface area contributed by atoms with E-state index in [1.165, 1.54) is 18.6 Å². The molecule has 0 bridgehead atoms. The van der Waals surface area contributed by atoms with Crippen molar-refractivity contribution in [1.82, 2.24) is 14.9 Å². The van der Waals surface area contributed by atoms with Crippen molar-refractivity contribution in [2.24, 2.45) is 5.92 Å². The number of halogens is 1. The number of anilines is 1. The van der Waals surface area contributed by atoms with Gasteiger partial charge < -0.3 is 10.3 Å². The normalized spacial score (nSPS) is 17.6. The average Bonchev–Trinajstić information content (AvgIpc) is 3.02. The summed E-state index contributed by atoms with van der Waals surface area (Å²) in [6.07, 6.45) is 4.62. The van der Waals surface area contributed by atoms with Gasteiger partial charge in [0.15, 0.2) is 0 Å². The Hall–Kier alpha value is -2.21. The number of aromatic nitrogens is 2. The van der Waals surface area contributed by atoms with E-state index in [4.69, 9.17) is 4.98 Å². The zero-order valence-electron chi connectivity index (χ0n) is 17.1. The van der Waals surface area contributed by atoms with E-state index < -0.39 is 0 Å². The van der Waals surface area contributed by atoms with Crippen LogP contribution in [0.15, 0.2) is 18.2 Å². The molecule has 0 spiro atoms. The lowest BCUT2D eigenvalue weighted by Crippen LogP contribution is -2.35. The number of nitrogens with one attached hydrogen (secondary N) is 2. The molecule has 152 valence electrons. The standard InChI is InChI=1S/C22H31FN4O/c1-4-21-24-16(3)20(25-21)14-27-11-5-6-17(13-27)7-10-22(28)26-19-9-8-18(23)12-15(19)2/h8-9,12,17H,4-7,10-11,13-14H2,1-3H3,(H,24,25)(H,26,28)/t17-/m0/s1. The van der Waals surface area contributed by atoms with Crippen molar-refractivity contribution in [3.05, 3.63) is 46.8 Å². The monoisotopic (exact) mass is 386 g/mol. The number of carbonyl (C=O) groups excluding carboxylic acids is 1. The van der Waals surface area contributed by atoms with Crippen LogP contribution >= 0.6 is 0 Å². The second-order valence-corrected chi connectivity index (χ2v) is 7.90. The number of rotatable bonds is 7. The quantitative estimate of drug-likeness (QED) is 0.743. The SMILES string of the molecule is CCc1nc(CN2CCC[C@@H](CCC(=O)Nc3ccc(F)cc3C)C2)c(C)[nH]1. The van der Waals surface area contributed by atoms with E-state index in [0.717, 1.165) is 61.7 Å². The molecule has 1 atom stereocenters. The Morgan fingerprint density at radius 1 is 1.39 bits per heavy atom. The number of likely N-dealkylation sites (tertiary alicyclic amines) is 1. The third-order valence-corrected chi connectivity index (χ3v) is 5.59. The van der Waals surface area contributed by atoms with Crippen molar-refractivity contribution >= 4 is 11.6 Å². The highest BCUT2D eigenvalue weighted by atomic mass is 19.1. The number of aryl methyl sites for hydroxylation is 3. The molecule has 2 heterocycles. The largest absolute Gasteiger partial charge is 0.346 e. The van der Waals surface area contributed by atoms with Gasteiger partial charge in [0.05, 0.1) is 5.69 Å². The first-order valence-electron chi connectivity index (χ1n) is 10.3. The Labute approximate surface area is 166 Å². The van der Waals surface area contributed by atoms with E-state index >= 15 is 0 Å². The summed E-state index contributed by atoms with van der Waals surface area (Å²) in [6, 6.07) is 4.44. The molecule has 28 heavy (non-hydrogen) atoms. The number of H-pyrrole nitrogens is 1. The first kappa shape index (κ1) is 20.5. The molecule has 6 heteroatoms. The zero-order chi connectivity index (χ0) is 20.1. The van der Waals surface area contributed by atoms with E-state index in [0.29, 0.717) is 18.0 Å². The summed E-state index contributed by atoms with van der Waals surface area (Å²) in [7, 11) is 0. The van der Waals surface area contributed by atoms with Crippen molar-refractivity contribution in [3.8, 4) is 0 Å². The van der Waals surface area contributed by atoms with Gasteiger partial charge >= 0.3 is 0 Å². The molecule has 0 aliphatic carbocycles. The highest BCUT2D eigenvalue weighted by Crippen LogP contribution is 2.23. The summed E-state index contributed by atoms with van der Waals surface area (Å²) in [5, 5.41) is 2.91. The highest BCUT2D eigenvalue weighted by molar-refractivity contribution is 5.91. The number of imidazole rings is 1. The fourth-order valence-corrected chi connectivity index (χ4v) is 3.94. The van der Waals surface area contributed by atoms with Gasteiger partial charge in [-0.05, 0) is 69.3 Å². The molecule has 1 aromatic heterocycles. The van der Waals surface area contributed by atoms with Gasteiger partial charge in [-0.1, -0.05) is 6.92 Å². The Kier molecular flexibility index (Phi) is 6.83. The number of piperidine rings is 1. The number of nitrogens with zero attached hydrogens (tertiary/aromatic N) is 2. The van der Waals surface area contributed by atoms with Gasteiger partial charge in [-0.25, -0.2) is 9.37 Å². The second-order valence-electron chi connectivity index (χ2n) is 7.90. The summed E-state index contributed by atoms with van der Waals surface area (Å²) in [6.45, 7) is 8.97. The van der Waals surface area contributed by atoms with E-state index in [9.17, 15) is 9.18 Å². The summed E-state index contributed by atoms with van der Waals surface area (Å²) in [5.74, 6) is 1.30. The van der Waals surface area contributed by atoms with Crippen LogP contribution in [0.2, 0.25) is 0 Å². The predicted octanol–water partition coefficient (Wildman–Crippen LogP) is 4.36. The lowest BCUT2D eigenvalue weighted by molar-refractivity contribution is -0.116. The molecule has 1 fully saturated rings. The third-order valence-electron chi connectivity index (χ3n) is 5.59. The van der Waals surface area contributed by atoms with Crippen LogP contribution in [0, 0.1) is 25.6 Å². The third kappa shape index (κ3) is 5.41. The van der Waals surface area contributed by atoms with E-state index in [-0.39, 0.29) is 11.7 Å². The van der Waals surface area contributed by atoms with E-state index in [1.807, 2.05) is 0 Å². The predicted molar refractivity (Wildman–Crippen MR) is 110 cm³/mol. The van der Waals surface area contributed by atoms with Crippen molar-refractivity contribution in [2.75, 3.05) is 18.4 Å². The number of benzene rings is 1. The number of carbonyl (C=O) groups is 1. The van der Waals surface area contributed by atoms with Crippen LogP contribution in [-0.2, 0) is 17.8 Å². The van der Waals surface area contributed by atoms with Crippen LogP contribution in [0.1, 0.15) is 55.4 Å². The Morgan fingerprint density at radius 2 is 2.21 bits per heavy atom. The highest BCUT2D eigenvalue weighted by Gasteiger charge is 2.22. The molecular weight excluding hydrogens is 355 g/mol. The summed E-state index contributed by atoms with van der Waals surface area (Å²) < 4.78 is 13.2. The number of amides is 1. The first-order chi connectivity index (χ1) is 13.4. The van der Waals surface area contributed by atoms with Crippen LogP contribution in [0.4, 0.5) is 10.1 Å². The smallest absolute Gasteiger partial charge is 0.224 e. The number of aromatic amines is 1. The van der Waals surface area contributed by atoms with Gasteiger partial charge in [-0.2, -0.15) is 0 Å². The Balaban J connectivity index is 1.47. The lowest BCUT2D eigenvalue weighted by Gasteiger charge is -2.32. The van der Waals surface area contributed by atoms with Gasteiger partial charge in [0, 0.05) is 37.3 Å². The zero-order valence-corrected chi connectivity index (χ0v) is 17.1. The number of hydrogen-bond donors (Lipinski definition) is 2. The minimum Gasteiger partial charge on any atom is -0.346 e. The number of hydrogen-bond acceptors (Lipinski definition) is 3. The topological polar surface area (TPSA) is 61.0 Å². The maximum atomic E-state index is 13.2. The van der Waals surface area contributed by atoms with Crippen molar-refractivity contribution in [2.45, 2.75) is 59.4 Å². The molecule has 2 aromatic rings. The maximum absolute atomic E-state index is 13.2. The Morgan fingerprint density at radius 3 is 2.93 bits per heavy atom. The fourth-order valence-electron chi connectivity index (χ4n) is 3.94. The van der Waals surface area contributed by atoms with Crippen molar-refractivity contribution in [3.63, 3.8) is 0 Å². The van der Waals surface area contributed by atoms with Gasteiger partial charge in [0.25, 0.3) is 0 Å². The van der Waals surface area contributed by atoms with Crippen LogP contribution in [0.25, 0.3) is 0 Å².